The Morgan fingerprint density at radius 2 is 1.90 bits per heavy atom. The van der Waals surface area contributed by atoms with Gasteiger partial charge < -0.3 is 9.80 Å². The van der Waals surface area contributed by atoms with Crippen molar-refractivity contribution in [1.29, 1.82) is 0 Å². The molecule has 0 radical (unpaired) electrons. The molecule has 30 heavy (non-hydrogen) atoms. The first-order valence-corrected chi connectivity index (χ1v) is 12.9. The van der Waals surface area contributed by atoms with Gasteiger partial charge in [0.1, 0.15) is 4.21 Å². The van der Waals surface area contributed by atoms with Gasteiger partial charge in [-0.25, -0.2) is 8.42 Å². The van der Waals surface area contributed by atoms with Gasteiger partial charge in [0, 0.05) is 50.0 Å². The molecular formula is C21H26ClN3O3S2. The van der Waals surface area contributed by atoms with E-state index in [1.54, 1.807) is 17.5 Å². The molecule has 0 unspecified atom stereocenters. The molecule has 0 N–H and O–H groups in total. The van der Waals surface area contributed by atoms with Crippen molar-refractivity contribution in [2.45, 2.75) is 24.0 Å². The van der Waals surface area contributed by atoms with E-state index < -0.39 is 10.0 Å². The molecular weight excluding hydrogens is 442 g/mol. The van der Waals surface area contributed by atoms with E-state index in [1.165, 1.54) is 21.2 Å². The molecule has 2 aliphatic heterocycles. The largest absolute Gasteiger partial charge is 0.368 e. The van der Waals surface area contributed by atoms with Crippen molar-refractivity contribution in [1.82, 2.24) is 9.21 Å². The lowest BCUT2D eigenvalue weighted by atomic mass is 9.97. The Morgan fingerprint density at radius 1 is 1.13 bits per heavy atom. The summed E-state index contributed by atoms with van der Waals surface area (Å²) < 4.78 is 27.5. The number of piperidine rings is 1. The van der Waals surface area contributed by atoms with Crippen LogP contribution >= 0.6 is 22.9 Å². The molecule has 3 heterocycles. The fourth-order valence-corrected chi connectivity index (χ4v) is 7.08. The monoisotopic (exact) mass is 467 g/mol. The molecule has 1 aromatic carbocycles. The summed E-state index contributed by atoms with van der Waals surface area (Å²) in [4.78, 5) is 17.3. The van der Waals surface area contributed by atoms with Gasteiger partial charge in [0.15, 0.2) is 0 Å². The lowest BCUT2D eigenvalue weighted by molar-refractivity contribution is -0.137. The number of sulfonamides is 1. The summed E-state index contributed by atoms with van der Waals surface area (Å²) in [6.07, 6.45) is 1.45. The van der Waals surface area contributed by atoms with Gasteiger partial charge in [-0.15, -0.1) is 11.3 Å². The van der Waals surface area contributed by atoms with Crippen LogP contribution in [0.15, 0.2) is 39.9 Å². The average Bonchev–Trinajstić information content (AvgIpc) is 3.31. The summed E-state index contributed by atoms with van der Waals surface area (Å²) in [7, 11) is -3.51. The number of rotatable bonds is 4. The Labute approximate surface area is 187 Å². The van der Waals surface area contributed by atoms with Gasteiger partial charge in [-0.2, -0.15) is 4.31 Å². The number of anilines is 1. The van der Waals surface area contributed by atoms with Crippen LogP contribution in [0.5, 0.6) is 0 Å². The minimum absolute atomic E-state index is 0.0727. The summed E-state index contributed by atoms with van der Waals surface area (Å²) in [6, 6.07) is 9.25. The van der Waals surface area contributed by atoms with Crippen LogP contribution in [0.3, 0.4) is 0 Å². The number of thiophene rings is 1. The second kappa shape index (κ2) is 8.86. The fraction of sp³-hybridized carbons (Fsp3) is 0.476. The third kappa shape index (κ3) is 4.37. The molecule has 2 aliphatic rings. The third-order valence-electron chi connectivity index (χ3n) is 5.93. The second-order valence-corrected chi connectivity index (χ2v) is 11.4. The van der Waals surface area contributed by atoms with E-state index in [2.05, 4.69) is 11.8 Å². The first kappa shape index (κ1) is 21.6. The number of amides is 1. The highest BCUT2D eigenvalue weighted by Crippen LogP contribution is 2.29. The number of piperazine rings is 1. The summed E-state index contributed by atoms with van der Waals surface area (Å²) >= 11 is 7.38. The molecule has 2 saturated heterocycles. The molecule has 0 aliphatic carbocycles. The predicted octanol–water partition coefficient (Wildman–Crippen LogP) is 3.46. The van der Waals surface area contributed by atoms with Gasteiger partial charge in [-0.05, 0) is 48.9 Å². The molecule has 9 heteroatoms. The highest BCUT2D eigenvalue weighted by atomic mass is 35.5. The van der Waals surface area contributed by atoms with Crippen LogP contribution in [0.25, 0.3) is 0 Å². The van der Waals surface area contributed by atoms with Crippen LogP contribution in [0.2, 0.25) is 5.02 Å². The molecule has 2 aromatic rings. The normalized spacial score (nSPS) is 21.1. The maximum Gasteiger partial charge on any atom is 0.252 e. The summed E-state index contributed by atoms with van der Waals surface area (Å²) in [5.74, 6) is -0.198. The van der Waals surface area contributed by atoms with Crippen molar-refractivity contribution in [3.05, 3.63) is 46.3 Å². The number of carbonyl (C=O) groups is 1. The van der Waals surface area contributed by atoms with Crippen LogP contribution < -0.4 is 4.90 Å². The van der Waals surface area contributed by atoms with Gasteiger partial charge in [0.25, 0.3) is 10.0 Å². The van der Waals surface area contributed by atoms with Crippen molar-refractivity contribution in [2.24, 2.45) is 5.92 Å². The Hall–Kier alpha value is -1.61. The Balaban J connectivity index is 1.39. The van der Waals surface area contributed by atoms with Crippen LogP contribution in [-0.4, -0.2) is 62.8 Å². The topological polar surface area (TPSA) is 60.9 Å². The highest BCUT2D eigenvalue weighted by molar-refractivity contribution is 7.91. The van der Waals surface area contributed by atoms with E-state index in [4.69, 9.17) is 11.6 Å². The van der Waals surface area contributed by atoms with Crippen molar-refractivity contribution in [3.63, 3.8) is 0 Å². The first-order chi connectivity index (χ1) is 14.4. The Kier molecular flexibility index (Phi) is 6.39. The second-order valence-electron chi connectivity index (χ2n) is 7.88. The molecule has 0 spiro atoms. The lowest BCUT2D eigenvalue weighted by Crippen LogP contribution is -2.53. The summed E-state index contributed by atoms with van der Waals surface area (Å²) in [5, 5.41) is 2.48. The maximum absolute atomic E-state index is 13.1. The number of carbonyl (C=O) groups excluding carboxylic acids is 1. The quantitative estimate of drug-likeness (QED) is 0.690. The molecule has 162 valence electrons. The van der Waals surface area contributed by atoms with E-state index in [0.717, 1.165) is 25.2 Å². The van der Waals surface area contributed by atoms with E-state index in [0.29, 0.717) is 35.3 Å². The van der Waals surface area contributed by atoms with Crippen molar-refractivity contribution >= 4 is 44.6 Å². The molecule has 2 fully saturated rings. The Morgan fingerprint density at radius 3 is 2.60 bits per heavy atom. The van der Waals surface area contributed by atoms with E-state index >= 15 is 0 Å². The molecule has 1 aromatic heterocycles. The van der Waals surface area contributed by atoms with Crippen molar-refractivity contribution < 1.29 is 13.2 Å². The van der Waals surface area contributed by atoms with Gasteiger partial charge in [-0.1, -0.05) is 23.7 Å². The third-order valence-corrected chi connectivity index (χ3v) is 9.40. The lowest BCUT2D eigenvalue weighted by Gasteiger charge is -2.39. The minimum atomic E-state index is -3.51. The maximum atomic E-state index is 13.1. The molecule has 6 nitrogen and oxygen atoms in total. The zero-order valence-electron chi connectivity index (χ0n) is 17.0. The van der Waals surface area contributed by atoms with Crippen LogP contribution in [0.1, 0.15) is 18.4 Å². The Bertz CT molecular complexity index is 1000. The van der Waals surface area contributed by atoms with E-state index in [-0.39, 0.29) is 18.4 Å². The van der Waals surface area contributed by atoms with E-state index in [9.17, 15) is 13.2 Å². The van der Waals surface area contributed by atoms with Crippen LogP contribution in [0.4, 0.5) is 5.69 Å². The van der Waals surface area contributed by atoms with Crippen LogP contribution in [0, 0.1) is 12.8 Å². The van der Waals surface area contributed by atoms with Gasteiger partial charge in [-0.3, -0.25) is 4.79 Å². The van der Waals surface area contributed by atoms with Gasteiger partial charge in [0.2, 0.25) is 5.91 Å². The minimum Gasteiger partial charge on any atom is -0.368 e. The molecule has 1 atom stereocenters. The van der Waals surface area contributed by atoms with Gasteiger partial charge in [0.05, 0.1) is 5.92 Å². The molecule has 1 amide bonds. The number of nitrogens with zero attached hydrogens (tertiary/aromatic N) is 3. The molecule has 0 bridgehead atoms. The van der Waals surface area contributed by atoms with Crippen molar-refractivity contribution in [3.8, 4) is 0 Å². The number of hydrogen-bond donors (Lipinski definition) is 0. The molecule has 0 saturated carbocycles. The van der Waals surface area contributed by atoms with Crippen LogP contribution in [-0.2, 0) is 14.8 Å². The number of aryl methyl sites for hydroxylation is 1. The average molecular weight is 468 g/mol. The number of benzene rings is 1. The smallest absolute Gasteiger partial charge is 0.252 e. The first-order valence-electron chi connectivity index (χ1n) is 10.2. The van der Waals surface area contributed by atoms with Crippen molar-refractivity contribution in [2.75, 3.05) is 44.2 Å². The highest BCUT2D eigenvalue weighted by Gasteiger charge is 2.36. The zero-order valence-corrected chi connectivity index (χ0v) is 19.3. The number of halogens is 1. The van der Waals surface area contributed by atoms with Gasteiger partial charge >= 0.3 is 0 Å². The summed E-state index contributed by atoms with van der Waals surface area (Å²) in [6.45, 7) is 5.58. The standard InChI is InChI=1S/C21H26ClN3O3S2/c1-16-6-7-18(22)14-19(16)23-9-11-24(12-10-23)21(26)17-4-2-8-25(15-17)30(27,28)20-5-3-13-29-20/h3,5-7,13-14,17H,2,4,8-12,15H2,1H3/t17-/m0/s1. The fourth-order valence-electron chi connectivity index (χ4n) is 4.25. The SMILES string of the molecule is Cc1ccc(Cl)cc1N1CCN(C(=O)[C@H]2CCCN(S(=O)(=O)c3cccs3)C2)CC1. The molecule has 4 rings (SSSR count). The van der Waals surface area contributed by atoms with E-state index in [1.807, 2.05) is 23.1 Å². The zero-order chi connectivity index (χ0) is 21.3. The summed E-state index contributed by atoms with van der Waals surface area (Å²) in [5.41, 5.74) is 2.28. The number of hydrogen-bond acceptors (Lipinski definition) is 5. The predicted molar refractivity (Wildman–Crippen MR) is 121 cm³/mol.